The van der Waals surface area contributed by atoms with Gasteiger partial charge in [0, 0.05) is 25.7 Å². The highest BCUT2D eigenvalue weighted by molar-refractivity contribution is 5.30. The zero-order valence-electron chi connectivity index (χ0n) is 12.8. The summed E-state index contributed by atoms with van der Waals surface area (Å²) < 4.78 is 11.6. The monoisotopic (exact) mass is 290 g/mol. The van der Waals surface area contributed by atoms with E-state index in [1.165, 1.54) is 11.1 Å². The van der Waals surface area contributed by atoms with Gasteiger partial charge in [-0.25, -0.2) is 0 Å². The Bertz CT molecular complexity index is 472. The van der Waals surface area contributed by atoms with Crippen molar-refractivity contribution in [1.29, 1.82) is 0 Å². The summed E-state index contributed by atoms with van der Waals surface area (Å²) in [4.78, 5) is 0. The van der Waals surface area contributed by atoms with Gasteiger partial charge < -0.3 is 9.47 Å². The summed E-state index contributed by atoms with van der Waals surface area (Å²) in [5.41, 5.74) is 5.72. The van der Waals surface area contributed by atoms with E-state index in [4.69, 9.17) is 15.3 Å². The molecule has 4 heteroatoms. The minimum absolute atomic E-state index is 0.0703. The fourth-order valence-electron chi connectivity index (χ4n) is 3.85. The normalized spacial score (nSPS) is 30.7. The zero-order chi connectivity index (χ0) is 14.7. The van der Waals surface area contributed by atoms with Gasteiger partial charge in [-0.05, 0) is 36.3 Å². The lowest BCUT2D eigenvalue weighted by molar-refractivity contribution is -0.103. The molecule has 116 valence electrons. The third-order valence-corrected chi connectivity index (χ3v) is 5.02. The Morgan fingerprint density at radius 2 is 2.24 bits per heavy atom. The van der Waals surface area contributed by atoms with Gasteiger partial charge in [-0.2, -0.15) is 0 Å². The van der Waals surface area contributed by atoms with E-state index in [9.17, 15) is 0 Å². The van der Waals surface area contributed by atoms with Crippen molar-refractivity contribution in [3.8, 4) is 0 Å². The van der Waals surface area contributed by atoms with E-state index in [0.717, 1.165) is 45.5 Å². The first kappa shape index (κ1) is 15.0. The first-order valence-corrected chi connectivity index (χ1v) is 8.03. The van der Waals surface area contributed by atoms with Gasteiger partial charge >= 0.3 is 0 Å². The molecule has 2 fully saturated rings. The topological polar surface area (TPSA) is 56.5 Å². The number of nitrogens with two attached hydrogens (primary N) is 1. The molecule has 0 aromatic heterocycles. The van der Waals surface area contributed by atoms with Crippen molar-refractivity contribution in [3.05, 3.63) is 35.4 Å². The van der Waals surface area contributed by atoms with E-state index < -0.39 is 0 Å². The van der Waals surface area contributed by atoms with Crippen LogP contribution < -0.4 is 11.3 Å². The fraction of sp³-hybridized carbons (Fsp3) is 0.647. The van der Waals surface area contributed by atoms with Crippen LogP contribution in [-0.4, -0.2) is 25.4 Å². The minimum atomic E-state index is -0.0703. The predicted octanol–water partition coefficient (Wildman–Crippen LogP) is 2.34. The molecule has 0 saturated carbocycles. The van der Waals surface area contributed by atoms with Crippen LogP contribution in [0.15, 0.2) is 24.3 Å². The number of ether oxygens (including phenoxy) is 2. The molecule has 2 aliphatic rings. The standard InChI is InChI=1S/C17H26N2O2/c1-2-13-5-3-4-6-15(13)16(19-18)14-7-9-21-17(11-14)8-10-20-12-17/h3-6,14,16,19H,2,7-12,18H2,1H3. The molecular weight excluding hydrogens is 264 g/mol. The fourth-order valence-corrected chi connectivity index (χ4v) is 3.85. The van der Waals surface area contributed by atoms with Crippen LogP contribution in [0.1, 0.15) is 43.4 Å². The molecule has 1 aromatic carbocycles. The Hall–Kier alpha value is -0.940. The summed E-state index contributed by atoms with van der Waals surface area (Å²) in [6.45, 7) is 4.55. The molecule has 4 nitrogen and oxygen atoms in total. The summed E-state index contributed by atoms with van der Waals surface area (Å²) >= 11 is 0. The summed E-state index contributed by atoms with van der Waals surface area (Å²) in [6.07, 6.45) is 4.12. The molecule has 0 aliphatic carbocycles. The van der Waals surface area contributed by atoms with Gasteiger partial charge in [0.25, 0.3) is 0 Å². The van der Waals surface area contributed by atoms with E-state index >= 15 is 0 Å². The van der Waals surface area contributed by atoms with E-state index in [-0.39, 0.29) is 11.6 Å². The maximum atomic E-state index is 6.05. The van der Waals surface area contributed by atoms with E-state index in [0.29, 0.717) is 5.92 Å². The summed E-state index contributed by atoms with van der Waals surface area (Å²) in [6, 6.07) is 8.81. The number of hydrogen-bond donors (Lipinski definition) is 2. The quantitative estimate of drug-likeness (QED) is 0.660. The lowest BCUT2D eigenvalue weighted by atomic mass is 9.78. The maximum absolute atomic E-state index is 6.05. The summed E-state index contributed by atoms with van der Waals surface area (Å²) in [5, 5.41) is 0. The molecule has 0 bridgehead atoms. The van der Waals surface area contributed by atoms with Crippen molar-refractivity contribution in [1.82, 2.24) is 5.43 Å². The van der Waals surface area contributed by atoms with Gasteiger partial charge in [0.05, 0.1) is 12.2 Å². The third kappa shape index (κ3) is 2.99. The van der Waals surface area contributed by atoms with Gasteiger partial charge in [-0.15, -0.1) is 0 Å². The zero-order valence-corrected chi connectivity index (χ0v) is 12.8. The van der Waals surface area contributed by atoms with Crippen LogP contribution in [0.5, 0.6) is 0 Å². The molecule has 3 unspecified atom stereocenters. The van der Waals surface area contributed by atoms with E-state index in [2.05, 4.69) is 36.6 Å². The van der Waals surface area contributed by atoms with Crippen LogP contribution in [0.2, 0.25) is 0 Å². The molecule has 2 aliphatic heterocycles. The molecule has 3 atom stereocenters. The van der Waals surface area contributed by atoms with Crippen LogP contribution in [0, 0.1) is 5.92 Å². The first-order valence-electron chi connectivity index (χ1n) is 8.03. The Morgan fingerprint density at radius 1 is 1.38 bits per heavy atom. The number of hydrogen-bond acceptors (Lipinski definition) is 4. The second-order valence-electron chi connectivity index (χ2n) is 6.28. The SMILES string of the molecule is CCc1ccccc1C(NN)C1CCOC2(CCOC2)C1. The molecule has 2 saturated heterocycles. The second-order valence-corrected chi connectivity index (χ2v) is 6.28. The molecule has 3 rings (SSSR count). The third-order valence-electron chi connectivity index (χ3n) is 5.02. The maximum Gasteiger partial charge on any atom is 0.0940 e. The Labute approximate surface area is 127 Å². The first-order chi connectivity index (χ1) is 10.3. The number of nitrogens with one attached hydrogen (secondary N) is 1. The molecule has 1 aromatic rings. The summed E-state index contributed by atoms with van der Waals surface area (Å²) in [7, 11) is 0. The predicted molar refractivity (Wildman–Crippen MR) is 82.7 cm³/mol. The van der Waals surface area contributed by atoms with Crippen molar-refractivity contribution in [2.45, 2.75) is 44.2 Å². The van der Waals surface area contributed by atoms with Crippen molar-refractivity contribution in [2.75, 3.05) is 19.8 Å². The van der Waals surface area contributed by atoms with Gasteiger partial charge in [0.1, 0.15) is 0 Å². The molecule has 3 N–H and O–H groups in total. The highest BCUT2D eigenvalue weighted by Gasteiger charge is 2.43. The van der Waals surface area contributed by atoms with Crippen LogP contribution in [-0.2, 0) is 15.9 Å². The van der Waals surface area contributed by atoms with Crippen molar-refractivity contribution >= 4 is 0 Å². The van der Waals surface area contributed by atoms with Crippen LogP contribution >= 0.6 is 0 Å². The van der Waals surface area contributed by atoms with Gasteiger partial charge in [-0.1, -0.05) is 31.2 Å². The number of aryl methyl sites for hydroxylation is 1. The van der Waals surface area contributed by atoms with Crippen molar-refractivity contribution in [3.63, 3.8) is 0 Å². The lowest BCUT2D eigenvalue weighted by Crippen LogP contribution is -2.45. The molecule has 1 spiro atoms. The average Bonchev–Trinajstić information content (AvgIpc) is 2.96. The average molecular weight is 290 g/mol. The van der Waals surface area contributed by atoms with Gasteiger partial charge in [0.15, 0.2) is 0 Å². The van der Waals surface area contributed by atoms with E-state index in [1.54, 1.807) is 0 Å². The Morgan fingerprint density at radius 3 is 2.95 bits per heavy atom. The van der Waals surface area contributed by atoms with E-state index in [1.807, 2.05) is 0 Å². The van der Waals surface area contributed by atoms with Crippen molar-refractivity contribution < 1.29 is 9.47 Å². The second kappa shape index (κ2) is 6.44. The Kier molecular flexibility index (Phi) is 4.60. The smallest absolute Gasteiger partial charge is 0.0940 e. The highest BCUT2D eigenvalue weighted by Crippen LogP contribution is 2.41. The molecular formula is C17H26N2O2. The largest absolute Gasteiger partial charge is 0.378 e. The van der Waals surface area contributed by atoms with Crippen LogP contribution in [0.4, 0.5) is 0 Å². The van der Waals surface area contributed by atoms with Crippen molar-refractivity contribution in [2.24, 2.45) is 11.8 Å². The number of hydrazine groups is 1. The number of benzene rings is 1. The lowest BCUT2D eigenvalue weighted by Gasteiger charge is -2.40. The van der Waals surface area contributed by atoms with Crippen LogP contribution in [0.3, 0.4) is 0 Å². The Balaban J connectivity index is 1.82. The molecule has 0 radical (unpaired) electrons. The molecule has 21 heavy (non-hydrogen) atoms. The van der Waals surface area contributed by atoms with Gasteiger partial charge in [-0.3, -0.25) is 11.3 Å². The molecule has 0 amide bonds. The molecule has 2 heterocycles. The van der Waals surface area contributed by atoms with Crippen LogP contribution in [0.25, 0.3) is 0 Å². The minimum Gasteiger partial charge on any atom is -0.378 e. The van der Waals surface area contributed by atoms with Gasteiger partial charge in [0.2, 0.25) is 0 Å². The summed E-state index contributed by atoms with van der Waals surface area (Å²) in [5.74, 6) is 6.42. The number of rotatable bonds is 4. The highest BCUT2D eigenvalue weighted by atomic mass is 16.6.